The van der Waals surface area contributed by atoms with E-state index in [1.807, 2.05) is 0 Å². The fraction of sp³-hybridized carbons (Fsp3) is 0.860. The second-order valence-corrected chi connectivity index (χ2v) is 16.4. The molecule has 2 unspecified atom stereocenters. The van der Waals surface area contributed by atoms with Crippen molar-refractivity contribution in [2.24, 2.45) is 0 Å². The molecule has 2 N–H and O–H groups in total. The summed E-state index contributed by atoms with van der Waals surface area (Å²) in [6.45, 7) is 7.69. The number of ether oxygens (including phenoxy) is 4. The van der Waals surface area contributed by atoms with Crippen molar-refractivity contribution in [3.63, 3.8) is 0 Å². The molecule has 0 aromatic carbocycles. The first-order valence-corrected chi connectivity index (χ1v) is 22.3. The zero-order valence-electron chi connectivity index (χ0n) is 34.7. The number of nitrogens with one attached hydrogen (secondary N) is 1. The molecule has 0 bridgehead atoms. The van der Waals surface area contributed by atoms with Crippen LogP contribution >= 0.6 is 0 Å². The molecule has 2 saturated heterocycles. The molecule has 0 spiro atoms. The topological polar surface area (TPSA) is 143 Å². The van der Waals surface area contributed by atoms with Crippen molar-refractivity contribution < 1.29 is 24.1 Å². The summed E-state index contributed by atoms with van der Waals surface area (Å²) in [5.41, 5.74) is 0.0736. The van der Waals surface area contributed by atoms with Gasteiger partial charge >= 0.3 is 5.69 Å². The minimum absolute atomic E-state index is 0.116. The average molecular weight is 774 g/mol. The van der Waals surface area contributed by atoms with E-state index in [0.717, 1.165) is 25.7 Å². The summed E-state index contributed by atoms with van der Waals surface area (Å²) in [5, 5.41) is 19.1. The summed E-state index contributed by atoms with van der Waals surface area (Å²) in [7, 11) is 0. The molecule has 2 aromatic rings. The van der Waals surface area contributed by atoms with Crippen LogP contribution in [0.5, 0.6) is 0 Å². The maximum Gasteiger partial charge on any atom is 0.330 e. The molecule has 12 heteroatoms. The molecule has 55 heavy (non-hydrogen) atoms. The molecular formula is C43H75N5O7. The predicted octanol–water partition coefficient (Wildman–Crippen LogP) is 8.82. The van der Waals surface area contributed by atoms with Crippen LogP contribution in [0.15, 0.2) is 22.0 Å². The van der Waals surface area contributed by atoms with E-state index in [2.05, 4.69) is 29.1 Å². The Morgan fingerprint density at radius 1 is 0.818 bits per heavy atom. The minimum atomic E-state index is -0.803. The molecule has 0 aliphatic carbocycles. The largest absolute Gasteiger partial charge is 0.390 e. The fourth-order valence-corrected chi connectivity index (χ4v) is 8.03. The average Bonchev–Trinajstić information content (AvgIpc) is 3.90. The van der Waals surface area contributed by atoms with E-state index in [1.165, 1.54) is 139 Å². The number of nitrogens with zero attached hydrogens (tertiary/aromatic N) is 4. The molecule has 4 rings (SSSR count). The van der Waals surface area contributed by atoms with Crippen molar-refractivity contribution >= 4 is 0 Å². The quantitative estimate of drug-likeness (QED) is 0.0719. The smallest absolute Gasteiger partial charge is 0.330 e. The van der Waals surface area contributed by atoms with Crippen molar-refractivity contribution in [1.82, 2.24) is 24.5 Å². The third-order valence-corrected chi connectivity index (χ3v) is 11.4. The van der Waals surface area contributed by atoms with E-state index < -0.39 is 35.5 Å². The molecule has 12 nitrogen and oxygen atoms in total. The summed E-state index contributed by atoms with van der Waals surface area (Å²) in [5.74, 6) is -0.505. The van der Waals surface area contributed by atoms with Crippen LogP contribution in [-0.4, -0.2) is 67.0 Å². The highest BCUT2D eigenvalue weighted by molar-refractivity contribution is 5.02. The molecule has 2 fully saturated rings. The third kappa shape index (κ3) is 16.6. The normalized spacial score (nSPS) is 20.9. The van der Waals surface area contributed by atoms with Crippen LogP contribution in [0.3, 0.4) is 0 Å². The van der Waals surface area contributed by atoms with Crippen molar-refractivity contribution in [3.05, 3.63) is 44.5 Å². The SMILES string of the molecule is CCCCCCCCCCCCCC1(CCCCCCCCCCCCC)OCC(COCc2cn(C[C@H]3O[C@@H](n4cc(C)c(=O)[nH]c4=O)CC3O)nn2)O1. The van der Waals surface area contributed by atoms with E-state index in [4.69, 9.17) is 18.9 Å². The first kappa shape index (κ1) is 45.3. The maximum atomic E-state index is 12.3. The molecular weight excluding hydrogens is 699 g/mol. The van der Waals surface area contributed by atoms with Gasteiger partial charge in [0.15, 0.2) is 5.79 Å². The van der Waals surface area contributed by atoms with E-state index in [-0.39, 0.29) is 25.7 Å². The predicted molar refractivity (Wildman–Crippen MR) is 216 cm³/mol. The highest BCUT2D eigenvalue weighted by Gasteiger charge is 2.40. The molecule has 314 valence electrons. The number of aryl methyl sites for hydroxylation is 1. The Hall–Kier alpha value is -2.38. The summed E-state index contributed by atoms with van der Waals surface area (Å²) in [4.78, 5) is 26.4. The Morgan fingerprint density at radius 3 is 1.93 bits per heavy atom. The van der Waals surface area contributed by atoms with Gasteiger partial charge in [-0.1, -0.05) is 147 Å². The molecule has 0 radical (unpaired) electrons. The second-order valence-electron chi connectivity index (χ2n) is 16.4. The van der Waals surface area contributed by atoms with Crippen molar-refractivity contribution in [1.29, 1.82) is 0 Å². The van der Waals surface area contributed by atoms with Crippen LogP contribution in [0.25, 0.3) is 0 Å². The highest BCUT2D eigenvalue weighted by atomic mass is 16.7. The van der Waals surface area contributed by atoms with Crippen LogP contribution in [-0.2, 0) is 32.1 Å². The standard InChI is InChI=1S/C43H75N5O7/c1-4-6-8-10-12-14-16-18-20-22-24-26-43(27-25-23-21-19-17-15-13-11-9-7-5-2)53-34-37(55-43)33-52-32-36-30-47(46-45-36)31-39-38(49)28-40(54-39)48-29-35(3)41(50)44-42(48)51/h29-30,37-40,49H,4-28,31-34H2,1-3H3,(H,44,50,51)/t37?,38?,39-,40-/m1/s1. The van der Waals surface area contributed by atoms with Gasteiger partial charge < -0.3 is 24.1 Å². The number of aliphatic hydroxyl groups is 1. The number of H-pyrrole nitrogens is 1. The molecule has 2 aromatic heterocycles. The van der Waals surface area contributed by atoms with Crippen LogP contribution < -0.4 is 11.2 Å². The highest BCUT2D eigenvalue weighted by Crippen LogP contribution is 2.35. The van der Waals surface area contributed by atoms with Crippen LogP contribution in [0.4, 0.5) is 0 Å². The van der Waals surface area contributed by atoms with Crippen LogP contribution in [0.2, 0.25) is 0 Å². The monoisotopic (exact) mass is 774 g/mol. The molecule has 4 heterocycles. The Kier molecular flexibility index (Phi) is 21.2. The van der Waals surface area contributed by atoms with Gasteiger partial charge in [-0.25, -0.2) is 9.48 Å². The Labute approximate surface area is 330 Å². The lowest BCUT2D eigenvalue weighted by Crippen LogP contribution is -2.33. The lowest BCUT2D eigenvalue weighted by molar-refractivity contribution is -0.184. The van der Waals surface area contributed by atoms with Gasteiger partial charge in [0.1, 0.15) is 24.1 Å². The number of aliphatic hydroxyl groups excluding tert-OH is 1. The molecule has 2 aliphatic rings. The van der Waals surface area contributed by atoms with Gasteiger partial charge in [0.25, 0.3) is 5.56 Å². The summed E-state index contributed by atoms with van der Waals surface area (Å²) < 4.78 is 28.2. The molecule has 0 amide bonds. The number of hydrogen-bond acceptors (Lipinski definition) is 9. The second kappa shape index (κ2) is 25.8. The van der Waals surface area contributed by atoms with E-state index in [9.17, 15) is 14.7 Å². The van der Waals surface area contributed by atoms with E-state index >= 15 is 0 Å². The maximum absolute atomic E-state index is 12.3. The lowest BCUT2D eigenvalue weighted by Gasteiger charge is -2.28. The van der Waals surface area contributed by atoms with Gasteiger partial charge in [0.2, 0.25) is 0 Å². The van der Waals surface area contributed by atoms with Gasteiger partial charge in [-0.2, -0.15) is 0 Å². The molecule has 4 atom stereocenters. The van der Waals surface area contributed by atoms with Crippen LogP contribution in [0.1, 0.15) is 192 Å². The van der Waals surface area contributed by atoms with E-state index in [1.54, 1.807) is 17.8 Å². The van der Waals surface area contributed by atoms with Gasteiger partial charge in [-0.05, 0) is 19.8 Å². The zero-order chi connectivity index (χ0) is 39.1. The van der Waals surface area contributed by atoms with Crippen molar-refractivity contribution in [3.8, 4) is 0 Å². The van der Waals surface area contributed by atoms with Gasteiger partial charge in [0, 0.05) is 31.0 Å². The Morgan fingerprint density at radius 2 is 1.36 bits per heavy atom. The number of rotatable bonds is 31. The summed E-state index contributed by atoms with van der Waals surface area (Å²) in [6.07, 6.45) is 32.3. The number of unbranched alkanes of at least 4 members (excludes halogenated alkanes) is 20. The Balaban J connectivity index is 1.16. The zero-order valence-corrected chi connectivity index (χ0v) is 34.7. The lowest BCUT2D eigenvalue weighted by atomic mass is 9.98. The van der Waals surface area contributed by atoms with Gasteiger partial charge in [0.05, 0.1) is 38.7 Å². The van der Waals surface area contributed by atoms with Gasteiger partial charge in [-0.3, -0.25) is 14.3 Å². The van der Waals surface area contributed by atoms with Crippen LogP contribution in [0, 0.1) is 6.92 Å². The third-order valence-electron chi connectivity index (χ3n) is 11.4. The first-order valence-electron chi connectivity index (χ1n) is 22.3. The first-order chi connectivity index (χ1) is 26.8. The number of aromatic amines is 1. The molecule has 2 aliphatic heterocycles. The Bertz CT molecular complexity index is 1400. The summed E-state index contributed by atoms with van der Waals surface area (Å²) in [6, 6.07) is 0. The summed E-state index contributed by atoms with van der Waals surface area (Å²) >= 11 is 0. The van der Waals surface area contributed by atoms with Gasteiger partial charge in [-0.15, -0.1) is 5.10 Å². The van der Waals surface area contributed by atoms with Crippen molar-refractivity contribution in [2.45, 2.75) is 225 Å². The molecule has 0 saturated carbocycles. The number of aromatic nitrogens is 5. The minimum Gasteiger partial charge on any atom is -0.390 e. The number of hydrogen-bond donors (Lipinski definition) is 2. The van der Waals surface area contributed by atoms with Crippen molar-refractivity contribution in [2.75, 3.05) is 13.2 Å². The van der Waals surface area contributed by atoms with E-state index in [0.29, 0.717) is 24.5 Å². The fourth-order valence-electron chi connectivity index (χ4n) is 8.03.